The van der Waals surface area contributed by atoms with E-state index in [-0.39, 0.29) is 0 Å². The van der Waals surface area contributed by atoms with Crippen molar-refractivity contribution in [3.05, 3.63) is 249 Å². The summed E-state index contributed by atoms with van der Waals surface area (Å²) in [5, 5.41) is 2.46. The summed E-state index contributed by atoms with van der Waals surface area (Å²) in [6, 6.07) is 89.8. The molecule has 0 amide bonds. The van der Waals surface area contributed by atoms with Crippen LogP contribution in [0.4, 0.5) is 17.1 Å². The summed E-state index contributed by atoms with van der Waals surface area (Å²) in [4.78, 5) is 2.44. The third-order valence-corrected chi connectivity index (χ3v) is 11.3. The van der Waals surface area contributed by atoms with E-state index in [0.717, 1.165) is 28.2 Å². The average Bonchev–Trinajstić information content (AvgIpc) is 3.33. The molecule has 0 saturated carbocycles. The number of nitrogens with zero attached hydrogens (tertiary/aromatic N) is 1. The van der Waals surface area contributed by atoms with Gasteiger partial charge in [-0.1, -0.05) is 218 Å². The Morgan fingerprint density at radius 2 is 0.644 bits per heavy atom. The number of anilines is 3. The van der Waals surface area contributed by atoms with Gasteiger partial charge in [0, 0.05) is 16.8 Å². The highest BCUT2D eigenvalue weighted by Gasteiger charge is 2.22. The second-order valence-corrected chi connectivity index (χ2v) is 14.9. The molecule has 0 fully saturated rings. The van der Waals surface area contributed by atoms with Crippen LogP contribution >= 0.6 is 0 Å². The van der Waals surface area contributed by atoms with E-state index in [1.165, 1.54) is 66.4 Å². The molecule has 0 aliphatic heterocycles. The van der Waals surface area contributed by atoms with Crippen LogP contribution in [0.5, 0.6) is 0 Å². The molecule has 0 bridgehead atoms. The second-order valence-electron chi connectivity index (χ2n) is 14.9. The summed E-state index contributed by atoms with van der Waals surface area (Å²) in [5.74, 6) is 0. The van der Waals surface area contributed by atoms with Gasteiger partial charge >= 0.3 is 0 Å². The fraction of sp³-hybridized carbons (Fsp3) is 0. The molecule has 0 saturated heterocycles. The Kier molecular flexibility index (Phi) is 9.68. The minimum Gasteiger partial charge on any atom is -0.309 e. The van der Waals surface area contributed by atoms with E-state index < -0.39 is 0 Å². The SMILES string of the molecule is c1ccc(-c2ccc(-c3ccc(N(c4ccccc4-c4ccccc4)c4ccccc4-c4cccc5cccc(-c6ccccc6)c45)cc3)cc2-c2ccccc2)cc1. The summed E-state index contributed by atoms with van der Waals surface area (Å²) in [6.07, 6.45) is 0. The van der Waals surface area contributed by atoms with Crippen molar-refractivity contribution in [1.29, 1.82) is 0 Å². The average molecular weight is 752 g/mol. The highest BCUT2D eigenvalue weighted by atomic mass is 15.1. The van der Waals surface area contributed by atoms with Gasteiger partial charge in [-0.3, -0.25) is 0 Å². The molecule has 10 rings (SSSR count). The van der Waals surface area contributed by atoms with Crippen LogP contribution < -0.4 is 4.90 Å². The molecular weight excluding hydrogens is 711 g/mol. The van der Waals surface area contributed by atoms with Crippen molar-refractivity contribution in [2.24, 2.45) is 0 Å². The third-order valence-electron chi connectivity index (χ3n) is 11.3. The van der Waals surface area contributed by atoms with Crippen LogP contribution in [0.15, 0.2) is 249 Å². The monoisotopic (exact) mass is 751 g/mol. The minimum absolute atomic E-state index is 1.08. The molecule has 10 aromatic rings. The van der Waals surface area contributed by atoms with E-state index in [1.807, 2.05) is 0 Å². The molecule has 0 unspecified atom stereocenters. The number of fused-ring (bicyclic) bond motifs is 1. The van der Waals surface area contributed by atoms with Gasteiger partial charge in [0.25, 0.3) is 0 Å². The molecule has 1 nitrogen and oxygen atoms in total. The molecule has 0 heterocycles. The number of para-hydroxylation sites is 2. The number of rotatable bonds is 9. The maximum absolute atomic E-state index is 2.44. The van der Waals surface area contributed by atoms with Gasteiger partial charge in [0.2, 0.25) is 0 Å². The Labute approximate surface area is 346 Å². The number of benzene rings is 10. The smallest absolute Gasteiger partial charge is 0.0540 e. The highest BCUT2D eigenvalue weighted by molar-refractivity contribution is 6.09. The summed E-state index contributed by atoms with van der Waals surface area (Å²) in [7, 11) is 0. The van der Waals surface area contributed by atoms with E-state index in [9.17, 15) is 0 Å². The Bertz CT molecular complexity index is 3000. The van der Waals surface area contributed by atoms with Crippen molar-refractivity contribution in [3.63, 3.8) is 0 Å². The molecule has 0 aliphatic rings. The summed E-state index contributed by atoms with van der Waals surface area (Å²) >= 11 is 0. The van der Waals surface area contributed by atoms with Gasteiger partial charge in [-0.15, -0.1) is 0 Å². The summed E-state index contributed by atoms with van der Waals surface area (Å²) in [5.41, 5.74) is 17.6. The first-order chi connectivity index (χ1) is 29.3. The lowest BCUT2D eigenvalue weighted by atomic mass is 9.90. The standard InChI is InChI=1S/C58H41N/c1-5-19-43(20-6-1)50-40-37-48(41-55(50)46-25-11-4-12-26-46)42-35-38-49(39-36-42)59(56-33-15-13-29-51(56)44-21-7-2-8-22-44)57-34-16-14-30-53(57)54-32-18-28-47-27-17-31-52(58(47)54)45-23-9-3-10-24-45/h1-41H. The van der Waals surface area contributed by atoms with Crippen LogP contribution in [0.25, 0.3) is 77.5 Å². The molecule has 59 heavy (non-hydrogen) atoms. The zero-order valence-corrected chi connectivity index (χ0v) is 32.6. The quantitative estimate of drug-likeness (QED) is 0.142. The molecule has 0 atom stereocenters. The molecule has 1 heteroatoms. The van der Waals surface area contributed by atoms with Crippen molar-refractivity contribution < 1.29 is 0 Å². The Morgan fingerprint density at radius 3 is 1.24 bits per heavy atom. The van der Waals surface area contributed by atoms with Gasteiger partial charge in [-0.2, -0.15) is 0 Å². The van der Waals surface area contributed by atoms with Gasteiger partial charge in [0.1, 0.15) is 0 Å². The van der Waals surface area contributed by atoms with Crippen LogP contribution in [0.2, 0.25) is 0 Å². The topological polar surface area (TPSA) is 3.24 Å². The first kappa shape index (κ1) is 35.7. The maximum Gasteiger partial charge on any atom is 0.0540 e. The molecule has 278 valence electrons. The van der Waals surface area contributed by atoms with Gasteiger partial charge in [-0.25, -0.2) is 0 Å². The Balaban J connectivity index is 1.15. The normalized spacial score (nSPS) is 11.1. The largest absolute Gasteiger partial charge is 0.309 e. The predicted octanol–water partition coefficient (Wildman–Crippen LogP) is 16.3. The van der Waals surface area contributed by atoms with Crippen LogP contribution in [-0.2, 0) is 0 Å². The molecule has 10 aromatic carbocycles. The Morgan fingerprint density at radius 1 is 0.220 bits per heavy atom. The van der Waals surface area contributed by atoms with Crippen LogP contribution in [0, 0.1) is 0 Å². The van der Waals surface area contributed by atoms with Gasteiger partial charge in [-0.05, 0) is 96.7 Å². The fourth-order valence-electron chi connectivity index (χ4n) is 8.51. The zero-order chi connectivity index (χ0) is 39.4. The third kappa shape index (κ3) is 7.01. The maximum atomic E-state index is 2.44. The first-order valence-electron chi connectivity index (χ1n) is 20.3. The lowest BCUT2D eigenvalue weighted by molar-refractivity contribution is 1.28. The number of hydrogen-bond donors (Lipinski definition) is 0. The Hall–Kier alpha value is -7.74. The van der Waals surface area contributed by atoms with E-state index >= 15 is 0 Å². The predicted molar refractivity (Wildman–Crippen MR) is 251 cm³/mol. The van der Waals surface area contributed by atoms with Gasteiger partial charge in [0.05, 0.1) is 11.4 Å². The number of hydrogen-bond acceptors (Lipinski definition) is 1. The molecular formula is C58H41N. The minimum atomic E-state index is 1.08. The highest BCUT2D eigenvalue weighted by Crippen LogP contribution is 2.47. The van der Waals surface area contributed by atoms with Crippen LogP contribution in [-0.4, -0.2) is 0 Å². The van der Waals surface area contributed by atoms with E-state index in [4.69, 9.17) is 0 Å². The van der Waals surface area contributed by atoms with Crippen molar-refractivity contribution in [3.8, 4) is 66.8 Å². The van der Waals surface area contributed by atoms with E-state index in [0.29, 0.717) is 0 Å². The lowest BCUT2D eigenvalue weighted by Crippen LogP contribution is -2.12. The van der Waals surface area contributed by atoms with E-state index in [1.54, 1.807) is 0 Å². The summed E-state index contributed by atoms with van der Waals surface area (Å²) in [6.45, 7) is 0. The molecule has 0 aliphatic carbocycles. The fourth-order valence-corrected chi connectivity index (χ4v) is 8.51. The van der Waals surface area contributed by atoms with Gasteiger partial charge in [0.15, 0.2) is 0 Å². The molecule has 0 aromatic heterocycles. The van der Waals surface area contributed by atoms with Gasteiger partial charge < -0.3 is 4.90 Å². The zero-order valence-electron chi connectivity index (χ0n) is 32.6. The van der Waals surface area contributed by atoms with E-state index in [2.05, 4.69) is 254 Å². The van der Waals surface area contributed by atoms with Crippen molar-refractivity contribution in [2.75, 3.05) is 4.90 Å². The lowest BCUT2D eigenvalue weighted by Gasteiger charge is -2.30. The first-order valence-corrected chi connectivity index (χ1v) is 20.3. The van der Waals surface area contributed by atoms with Crippen LogP contribution in [0.3, 0.4) is 0 Å². The summed E-state index contributed by atoms with van der Waals surface area (Å²) < 4.78 is 0. The van der Waals surface area contributed by atoms with Crippen LogP contribution in [0.1, 0.15) is 0 Å². The second kappa shape index (κ2) is 16.0. The molecule has 0 radical (unpaired) electrons. The van der Waals surface area contributed by atoms with Crippen molar-refractivity contribution in [2.45, 2.75) is 0 Å². The molecule has 0 N–H and O–H groups in total. The molecule has 0 spiro atoms. The van der Waals surface area contributed by atoms with Crippen molar-refractivity contribution in [1.82, 2.24) is 0 Å². The van der Waals surface area contributed by atoms with Crippen molar-refractivity contribution >= 4 is 27.8 Å².